The molecule has 19 rings (SSSR count). The minimum atomic E-state index is -0.823. The Morgan fingerprint density at radius 2 is 1.12 bits per heavy atom. The lowest BCUT2D eigenvalue weighted by Gasteiger charge is -2.48. The Labute approximate surface area is 599 Å². The fraction of sp³-hybridized carbons (Fsp3) is 0.301. The number of hydrogen-bond donors (Lipinski definition) is 2. The summed E-state index contributed by atoms with van der Waals surface area (Å²) < 4.78 is 41.4. The van der Waals surface area contributed by atoms with Gasteiger partial charge in [0.15, 0.2) is 17.5 Å². The standard InChI is InChI=1S/C30H32N6.C27H27F2N5.C26H23N7/c1-3-21(2)33-17-23-10-12-34(18-23)27-8-9-28-26(14-27)20-35-19-25(24-6-4-22(16-31)5-7-24)15-29(35)30-32-11-13-36(28)30;1-31(2)13-21-16-32(17-24(21)29)23-7-8-25-20(11-23)15-33-14-19(18-3-5-22(28)6-4-18)12-26(33)27-30-9-10-34(25)27;27-12-18-1-3-19(4-2-18)20-11-23-25-29-9-10-33(25)22-5-6-24(30-21(22)14-31(23)13-20)32-16-26(17-32)7-8-28-15-26/h4-9,11,13-15,19,21,23,33H,3,10,12,17-18,20H2,1-2H3;3-12,14,21,24H,13,15-17H2,1-2H3;1-6,9-11,13,28H,7-8,14-17H2/t21-,23-;21-,24+;/m11./s1. The van der Waals surface area contributed by atoms with Crippen molar-refractivity contribution in [2.24, 2.45) is 17.3 Å². The molecule has 518 valence electrons. The molecule has 0 amide bonds. The number of aromatic nitrogens is 10. The molecule has 4 saturated heterocycles. The second kappa shape index (κ2) is 27.0. The van der Waals surface area contributed by atoms with Crippen molar-refractivity contribution in [2.45, 2.75) is 65.0 Å². The zero-order chi connectivity index (χ0) is 70.0. The Bertz CT molecular complexity index is 5190. The van der Waals surface area contributed by atoms with Gasteiger partial charge in [-0.25, -0.2) is 28.7 Å². The van der Waals surface area contributed by atoms with E-state index in [1.807, 2.05) is 93.6 Å². The normalized spacial score (nSPS) is 18.0. The third-order valence-corrected chi connectivity index (χ3v) is 22.1. The smallest absolute Gasteiger partial charge is 0.161 e. The van der Waals surface area contributed by atoms with Crippen molar-refractivity contribution in [3.05, 3.63) is 229 Å². The van der Waals surface area contributed by atoms with Gasteiger partial charge in [-0.15, -0.1) is 0 Å². The number of nitrogens with one attached hydrogen (secondary N) is 2. The Kier molecular flexibility index (Phi) is 17.1. The van der Waals surface area contributed by atoms with E-state index in [1.165, 1.54) is 48.3 Å². The van der Waals surface area contributed by atoms with Crippen LogP contribution in [0.4, 0.5) is 26.0 Å². The molecule has 7 aliphatic rings. The molecule has 4 fully saturated rings. The fourth-order valence-corrected chi connectivity index (χ4v) is 16.3. The molecule has 14 heterocycles. The average Bonchev–Trinajstić information content (AvgIpc) is 1.68. The van der Waals surface area contributed by atoms with Gasteiger partial charge in [-0.05, 0) is 190 Å². The van der Waals surface area contributed by atoms with Gasteiger partial charge in [-0.3, -0.25) is 13.7 Å². The topological polar surface area (TPSA) is 166 Å². The van der Waals surface area contributed by atoms with E-state index in [9.17, 15) is 8.78 Å². The number of nitrogens with zero attached hydrogens (tertiary/aromatic N) is 16. The minimum absolute atomic E-state index is 0.0170. The Balaban J connectivity index is 0.000000115. The summed E-state index contributed by atoms with van der Waals surface area (Å²) in [5, 5.41) is 25.4. The van der Waals surface area contributed by atoms with Crippen LogP contribution in [0, 0.1) is 45.7 Å². The molecule has 2 N–H and O–H groups in total. The van der Waals surface area contributed by atoms with Gasteiger partial charge in [0.1, 0.15) is 17.8 Å². The zero-order valence-electron chi connectivity index (χ0n) is 58.5. The maximum atomic E-state index is 14.7. The van der Waals surface area contributed by atoms with Gasteiger partial charge in [0.25, 0.3) is 0 Å². The second-order valence-electron chi connectivity index (χ2n) is 29.3. The van der Waals surface area contributed by atoms with Crippen LogP contribution < -0.4 is 25.3 Å². The van der Waals surface area contributed by atoms with Crippen molar-refractivity contribution < 1.29 is 8.78 Å². The number of pyridine rings is 1. The molecule has 0 bridgehead atoms. The molecule has 7 aromatic heterocycles. The first-order valence-electron chi connectivity index (χ1n) is 36.0. The number of fused-ring (bicyclic) bond motifs is 15. The minimum Gasteiger partial charge on any atom is -0.371 e. The van der Waals surface area contributed by atoms with Crippen molar-refractivity contribution in [1.82, 2.24) is 62.9 Å². The third kappa shape index (κ3) is 12.6. The van der Waals surface area contributed by atoms with E-state index in [0.29, 0.717) is 48.1 Å². The van der Waals surface area contributed by atoms with E-state index < -0.39 is 6.17 Å². The summed E-state index contributed by atoms with van der Waals surface area (Å²) in [6, 6.07) is 51.2. The lowest BCUT2D eigenvalue weighted by molar-refractivity contribution is 0.231. The predicted octanol–water partition coefficient (Wildman–Crippen LogP) is 13.7. The van der Waals surface area contributed by atoms with Crippen molar-refractivity contribution in [2.75, 3.05) is 94.2 Å². The number of alkyl halides is 1. The highest BCUT2D eigenvalue weighted by atomic mass is 19.1. The SMILES string of the molecule is CC[C@@H](C)NC[C@H]1CCN(c2ccc3c(c2)Cn2cc(-c4ccc(C#N)cc4)cc2-c2nccn2-3)C1.CN(C)C[C@@H]1CN(c2ccc3c(c2)Cn2cc(-c4ccc(F)cc4)cc2-c2nccn2-3)C[C@@H]1F.N#Cc1ccc(-c2cc3n(c2)Cc2nc(N4CC5(CCNC5)C4)ccc2-n2ccnc2-3)cc1. The van der Waals surface area contributed by atoms with E-state index in [4.69, 9.17) is 20.5 Å². The highest BCUT2D eigenvalue weighted by Crippen LogP contribution is 2.43. The van der Waals surface area contributed by atoms with Gasteiger partial charge in [0.05, 0.1) is 69.6 Å². The molecular weight excluding hydrogens is 1290 g/mol. The number of benzene rings is 5. The fourth-order valence-electron chi connectivity index (χ4n) is 16.3. The quantitative estimate of drug-likeness (QED) is 0.119. The van der Waals surface area contributed by atoms with E-state index in [0.717, 1.165) is 168 Å². The number of rotatable bonds is 12. The van der Waals surface area contributed by atoms with Gasteiger partial charge in [0, 0.05) is 167 Å². The molecule has 0 radical (unpaired) electrons. The van der Waals surface area contributed by atoms with Gasteiger partial charge in [-0.1, -0.05) is 43.3 Å². The molecule has 103 heavy (non-hydrogen) atoms. The first-order valence-corrected chi connectivity index (χ1v) is 36.0. The van der Waals surface area contributed by atoms with Crippen molar-refractivity contribution in [1.29, 1.82) is 10.5 Å². The molecule has 0 aliphatic carbocycles. The molecule has 0 unspecified atom stereocenters. The van der Waals surface area contributed by atoms with E-state index in [-0.39, 0.29) is 11.7 Å². The van der Waals surface area contributed by atoms with Crippen LogP contribution in [0.1, 0.15) is 61.1 Å². The first kappa shape index (κ1) is 65.2. The van der Waals surface area contributed by atoms with Crippen molar-refractivity contribution in [3.63, 3.8) is 0 Å². The summed E-state index contributed by atoms with van der Waals surface area (Å²) >= 11 is 0. The Morgan fingerprint density at radius 3 is 1.63 bits per heavy atom. The lowest BCUT2D eigenvalue weighted by atomic mass is 9.79. The van der Waals surface area contributed by atoms with Crippen LogP contribution in [-0.2, 0) is 19.6 Å². The molecule has 12 aromatic rings. The number of nitriles is 2. The summed E-state index contributed by atoms with van der Waals surface area (Å²) in [6.07, 6.45) is 20.9. The number of anilines is 3. The summed E-state index contributed by atoms with van der Waals surface area (Å²) in [4.78, 5) is 28.4. The van der Waals surface area contributed by atoms with Crippen LogP contribution in [0.25, 0.3) is 85.0 Å². The Hall–Kier alpha value is -11.2. The van der Waals surface area contributed by atoms with Gasteiger partial charge >= 0.3 is 0 Å². The molecule has 18 nitrogen and oxygen atoms in total. The lowest BCUT2D eigenvalue weighted by Crippen LogP contribution is -2.57. The summed E-state index contributed by atoms with van der Waals surface area (Å²) in [5.74, 6) is 4.29. The maximum absolute atomic E-state index is 14.7. The largest absolute Gasteiger partial charge is 0.371 e. The molecule has 1 spiro atoms. The van der Waals surface area contributed by atoms with Crippen molar-refractivity contribution >= 4 is 17.2 Å². The second-order valence-corrected chi connectivity index (χ2v) is 29.3. The molecule has 4 atom stereocenters. The molecule has 5 aromatic carbocycles. The van der Waals surface area contributed by atoms with Crippen LogP contribution in [0.2, 0.25) is 0 Å². The highest BCUT2D eigenvalue weighted by Gasteiger charge is 2.46. The first-order chi connectivity index (χ1) is 50.3. The van der Waals surface area contributed by atoms with Crippen LogP contribution >= 0.6 is 0 Å². The van der Waals surface area contributed by atoms with Gasteiger partial charge < -0.3 is 43.9 Å². The van der Waals surface area contributed by atoms with Crippen LogP contribution in [0.5, 0.6) is 0 Å². The maximum Gasteiger partial charge on any atom is 0.161 e. The zero-order valence-corrected chi connectivity index (χ0v) is 58.5. The van der Waals surface area contributed by atoms with E-state index in [2.05, 4.69) is 185 Å². The van der Waals surface area contributed by atoms with Crippen LogP contribution in [0.15, 0.2) is 195 Å². The summed E-state index contributed by atoms with van der Waals surface area (Å²) in [7, 11) is 3.99. The van der Waals surface area contributed by atoms with Gasteiger partial charge in [0.2, 0.25) is 0 Å². The number of hydrogen-bond acceptors (Lipinski definition) is 12. The molecule has 7 aliphatic heterocycles. The van der Waals surface area contributed by atoms with E-state index >= 15 is 0 Å². The van der Waals surface area contributed by atoms with Crippen LogP contribution in [-0.4, -0.2) is 144 Å². The monoisotopic (exact) mass is 1370 g/mol. The summed E-state index contributed by atoms with van der Waals surface area (Å²) in [5.41, 5.74) is 20.7. The molecule has 0 saturated carbocycles. The number of imidazole rings is 3. The van der Waals surface area contributed by atoms with E-state index in [1.54, 1.807) is 12.1 Å². The van der Waals surface area contributed by atoms with Crippen LogP contribution in [0.3, 0.4) is 0 Å². The average molecular weight is 1370 g/mol. The Morgan fingerprint density at radius 1 is 0.602 bits per heavy atom. The van der Waals surface area contributed by atoms with Crippen molar-refractivity contribution in [3.8, 4) is 97.1 Å². The van der Waals surface area contributed by atoms with Gasteiger partial charge in [-0.2, -0.15) is 10.5 Å². The molecule has 20 heteroatoms. The summed E-state index contributed by atoms with van der Waals surface area (Å²) in [6.45, 7) is 16.3. The number of halogens is 2. The highest BCUT2D eigenvalue weighted by molar-refractivity contribution is 5.76. The molecular formula is C83H82F2N18. The predicted molar refractivity (Wildman–Crippen MR) is 401 cm³/mol. The third-order valence-electron chi connectivity index (χ3n) is 22.1.